The fourth-order valence-electron chi connectivity index (χ4n) is 2.42. The largest absolute Gasteiger partial charge is 0.418 e. The molecule has 4 N–H and O–H groups in total. The number of hydrogen-bond acceptors (Lipinski definition) is 5. The fourth-order valence-corrected chi connectivity index (χ4v) is 2.42. The first-order valence-electron chi connectivity index (χ1n) is 8.12. The van der Waals surface area contributed by atoms with Crippen molar-refractivity contribution in [2.45, 2.75) is 31.1 Å². The number of nitrogens with zero attached hydrogens (tertiary/aromatic N) is 2. The van der Waals surface area contributed by atoms with E-state index in [9.17, 15) is 18.0 Å². The standard InChI is InChI=1S/C18H16F3N5O/c19-18(20,21)14-7-11(8-22)1-4-15(14)26-13-3-2-12(24-10-13)9-25-16(27)17(23)5-6-17/h1-4,7,10,26H,5-6,9,23H2,(H,25,27). The Morgan fingerprint density at radius 1 is 1.30 bits per heavy atom. The van der Waals surface area contributed by atoms with Crippen molar-refractivity contribution in [2.75, 3.05) is 5.32 Å². The highest BCUT2D eigenvalue weighted by Gasteiger charge is 2.45. The van der Waals surface area contributed by atoms with Crippen LogP contribution in [0.1, 0.15) is 29.7 Å². The van der Waals surface area contributed by atoms with Crippen LogP contribution in [0.4, 0.5) is 24.5 Å². The van der Waals surface area contributed by atoms with E-state index in [1.165, 1.54) is 18.3 Å². The summed E-state index contributed by atoms with van der Waals surface area (Å²) < 4.78 is 39.6. The van der Waals surface area contributed by atoms with Crippen LogP contribution in [-0.2, 0) is 17.5 Å². The number of halogens is 3. The first-order chi connectivity index (χ1) is 12.7. The minimum Gasteiger partial charge on any atom is -0.354 e. The molecule has 9 heteroatoms. The predicted octanol–water partition coefficient (Wildman–Crippen LogP) is 2.82. The number of pyridine rings is 1. The average molecular weight is 375 g/mol. The molecule has 0 spiro atoms. The van der Waals surface area contributed by atoms with E-state index < -0.39 is 17.3 Å². The van der Waals surface area contributed by atoms with Gasteiger partial charge in [-0.2, -0.15) is 18.4 Å². The SMILES string of the molecule is N#Cc1ccc(Nc2ccc(CNC(=O)C3(N)CC3)nc2)c(C(F)(F)F)c1. The van der Waals surface area contributed by atoms with E-state index in [1.807, 2.05) is 0 Å². The summed E-state index contributed by atoms with van der Waals surface area (Å²) >= 11 is 0. The topological polar surface area (TPSA) is 104 Å². The highest BCUT2D eigenvalue weighted by atomic mass is 19.4. The normalized spacial score (nSPS) is 14.9. The van der Waals surface area contributed by atoms with Crippen LogP contribution in [0, 0.1) is 11.3 Å². The number of carbonyl (C=O) groups excluding carboxylic acids is 1. The molecule has 0 radical (unpaired) electrons. The number of benzene rings is 1. The Morgan fingerprint density at radius 3 is 2.59 bits per heavy atom. The Morgan fingerprint density at radius 2 is 2.04 bits per heavy atom. The molecule has 2 aromatic rings. The summed E-state index contributed by atoms with van der Waals surface area (Å²) in [6.07, 6.45) is -1.93. The van der Waals surface area contributed by atoms with Crippen molar-refractivity contribution in [3.05, 3.63) is 53.3 Å². The van der Waals surface area contributed by atoms with Gasteiger partial charge in [-0.05, 0) is 43.2 Å². The molecular formula is C18H16F3N5O. The molecule has 0 aliphatic heterocycles. The molecule has 0 saturated heterocycles. The molecule has 0 unspecified atom stereocenters. The maximum atomic E-state index is 13.2. The van der Waals surface area contributed by atoms with Gasteiger partial charge in [0, 0.05) is 0 Å². The Balaban J connectivity index is 1.70. The number of rotatable bonds is 5. The summed E-state index contributed by atoms with van der Waals surface area (Å²) in [6, 6.07) is 8.14. The Bertz CT molecular complexity index is 899. The number of nitrogens with one attached hydrogen (secondary N) is 2. The number of nitriles is 1. The summed E-state index contributed by atoms with van der Waals surface area (Å²) in [5.41, 5.74) is 4.71. The van der Waals surface area contributed by atoms with Crippen molar-refractivity contribution in [3.63, 3.8) is 0 Å². The van der Waals surface area contributed by atoms with E-state index in [0.717, 1.165) is 6.07 Å². The van der Waals surface area contributed by atoms with Crippen molar-refractivity contribution in [1.82, 2.24) is 10.3 Å². The Kier molecular flexibility index (Phi) is 4.76. The molecule has 1 amide bonds. The lowest BCUT2D eigenvalue weighted by Gasteiger charge is -2.15. The second kappa shape index (κ2) is 6.89. The van der Waals surface area contributed by atoms with Crippen LogP contribution in [0.25, 0.3) is 0 Å². The van der Waals surface area contributed by atoms with Gasteiger partial charge in [-0.1, -0.05) is 0 Å². The van der Waals surface area contributed by atoms with Crippen LogP contribution < -0.4 is 16.4 Å². The second-order valence-electron chi connectivity index (χ2n) is 6.37. The summed E-state index contributed by atoms with van der Waals surface area (Å²) in [7, 11) is 0. The van der Waals surface area contributed by atoms with Crippen molar-refractivity contribution in [2.24, 2.45) is 5.73 Å². The summed E-state index contributed by atoms with van der Waals surface area (Å²) in [6.45, 7) is 0.183. The van der Waals surface area contributed by atoms with E-state index in [1.54, 1.807) is 18.2 Å². The number of amides is 1. The molecular weight excluding hydrogens is 359 g/mol. The lowest BCUT2D eigenvalue weighted by atomic mass is 10.1. The third-order valence-electron chi connectivity index (χ3n) is 4.23. The molecule has 3 rings (SSSR count). The zero-order valence-electron chi connectivity index (χ0n) is 14.1. The summed E-state index contributed by atoms with van der Waals surface area (Å²) in [5, 5.41) is 14.1. The van der Waals surface area contributed by atoms with Gasteiger partial charge < -0.3 is 16.4 Å². The number of carbonyl (C=O) groups is 1. The van der Waals surface area contributed by atoms with Crippen LogP contribution in [0.2, 0.25) is 0 Å². The molecule has 6 nitrogen and oxygen atoms in total. The zero-order chi connectivity index (χ0) is 19.7. The Hall–Kier alpha value is -3.12. The van der Waals surface area contributed by atoms with Gasteiger partial charge in [0.1, 0.15) is 0 Å². The number of aromatic nitrogens is 1. The van der Waals surface area contributed by atoms with E-state index in [2.05, 4.69) is 15.6 Å². The smallest absolute Gasteiger partial charge is 0.354 e. The quantitative estimate of drug-likeness (QED) is 0.746. The first kappa shape index (κ1) is 18.7. The monoisotopic (exact) mass is 375 g/mol. The molecule has 1 aliphatic rings. The van der Waals surface area contributed by atoms with Gasteiger partial charge in [0.2, 0.25) is 5.91 Å². The molecule has 1 saturated carbocycles. The van der Waals surface area contributed by atoms with E-state index in [0.29, 0.717) is 24.2 Å². The lowest BCUT2D eigenvalue weighted by molar-refractivity contribution is -0.137. The van der Waals surface area contributed by atoms with Crippen LogP contribution >= 0.6 is 0 Å². The van der Waals surface area contributed by atoms with Crippen molar-refractivity contribution in [3.8, 4) is 6.07 Å². The van der Waals surface area contributed by atoms with Gasteiger partial charge in [-0.25, -0.2) is 0 Å². The van der Waals surface area contributed by atoms with Crippen molar-refractivity contribution >= 4 is 17.3 Å². The van der Waals surface area contributed by atoms with E-state index >= 15 is 0 Å². The Labute approximate surface area is 153 Å². The minimum absolute atomic E-state index is 0.0783. The van der Waals surface area contributed by atoms with Gasteiger partial charge in [0.05, 0.1) is 52.5 Å². The molecule has 1 aromatic heterocycles. The molecule has 1 heterocycles. The molecule has 0 atom stereocenters. The first-order valence-corrected chi connectivity index (χ1v) is 8.12. The molecule has 1 aromatic carbocycles. The highest BCUT2D eigenvalue weighted by molar-refractivity contribution is 5.88. The third-order valence-corrected chi connectivity index (χ3v) is 4.23. The average Bonchev–Trinajstić information content (AvgIpc) is 3.39. The van der Waals surface area contributed by atoms with Gasteiger partial charge in [-0.3, -0.25) is 9.78 Å². The zero-order valence-corrected chi connectivity index (χ0v) is 14.1. The molecule has 140 valence electrons. The minimum atomic E-state index is -4.60. The van der Waals surface area contributed by atoms with Gasteiger partial charge in [-0.15, -0.1) is 0 Å². The van der Waals surface area contributed by atoms with Crippen LogP contribution in [0.5, 0.6) is 0 Å². The molecule has 27 heavy (non-hydrogen) atoms. The van der Waals surface area contributed by atoms with Crippen LogP contribution in [-0.4, -0.2) is 16.4 Å². The number of hydrogen-bond donors (Lipinski definition) is 3. The predicted molar refractivity (Wildman–Crippen MR) is 91.7 cm³/mol. The third kappa shape index (κ3) is 4.35. The maximum absolute atomic E-state index is 13.2. The van der Waals surface area contributed by atoms with Crippen LogP contribution in [0.3, 0.4) is 0 Å². The molecule has 0 bridgehead atoms. The van der Waals surface area contributed by atoms with Gasteiger partial charge in [0.25, 0.3) is 0 Å². The lowest BCUT2D eigenvalue weighted by Crippen LogP contribution is -2.42. The van der Waals surface area contributed by atoms with E-state index in [-0.39, 0.29) is 23.7 Å². The van der Waals surface area contributed by atoms with Crippen molar-refractivity contribution < 1.29 is 18.0 Å². The van der Waals surface area contributed by atoms with E-state index in [4.69, 9.17) is 11.0 Å². The number of nitrogens with two attached hydrogens (primary N) is 1. The molecule has 1 aliphatic carbocycles. The summed E-state index contributed by atoms with van der Waals surface area (Å²) in [4.78, 5) is 15.9. The highest BCUT2D eigenvalue weighted by Crippen LogP contribution is 2.36. The van der Waals surface area contributed by atoms with Gasteiger partial charge in [0.15, 0.2) is 0 Å². The van der Waals surface area contributed by atoms with Crippen molar-refractivity contribution in [1.29, 1.82) is 5.26 Å². The summed E-state index contributed by atoms with van der Waals surface area (Å²) in [5.74, 6) is -0.237. The number of alkyl halides is 3. The second-order valence-corrected chi connectivity index (χ2v) is 6.37. The number of anilines is 2. The maximum Gasteiger partial charge on any atom is 0.418 e. The fraction of sp³-hybridized carbons (Fsp3) is 0.278. The van der Waals surface area contributed by atoms with Crippen LogP contribution in [0.15, 0.2) is 36.5 Å². The van der Waals surface area contributed by atoms with Gasteiger partial charge >= 0.3 is 6.18 Å². The molecule has 1 fully saturated rings.